The summed E-state index contributed by atoms with van der Waals surface area (Å²) >= 11 is 0. The van der Waals surface area contributed by atoms with Gasteiger partial charge in [0.2, 0.25) is 0 Å². The first kappa shape index (κ1) is 14.2. The summed E-state index contributed by atoms with van der Waals surface area (Å²) in [6.45, 7) is 4.95. The van der Waals surface area contributed by atoms with Gasteiger partial charge in [0.25, 0.3) is 0 Å². The molecule has 1 saturated heterocycles. The molecule has 5 nitrogen and oxygen atoms in total. The molecule has 0 spiro atoms. The van der Waals surface area contributed by atoms with Crippen molar-refractivity contribution in [3.63, 3.8) is 0 Å². The van der Waals surface area contributed by atoms with Crippen LogP contribution in [0, 0.1) is 17.8 Å². The predicted molar refractivity (Wildman–Crippen MR) is 71.8 cm³/mol. The van der Waals surface area contributed by atoms with Crippen LogP contribution >= 0.6 is 0 Å². The maximum absolute atomic E-state index is 12.0. The fourth-order valence-corrected chi connectivity index (χ4v) is 2.55. The van der Waals surface area contributed by atoms with E-state index < -0.39 is 5.97 Å². The molecule has 5 heteroatoms. The van der Waals surface area contributed by atoms with Gasteiger partial charge in [-0.2, -0.15) is 0 Å². The van der Waals surface area contributed by atoms with E-state index in [0.29, 0.717) is 13.1 Å². The van der Waals surface area contributed by atoms with Crippen molar-refractivity contribution in [3.05, 3.63) is 0 Å². The van der Waals surface area contributed by atoms with Crippen molar-refractivity contribution >= 4 is 12.0 Å². The van der Waals surface area contributed by atoms with E-state index in [1.807, 2.05) is 0 Å². The zero-order valence-electron chi connectivity index (χ0n) is 11.8. The van der Waals surface area contributed by atoms with Gasteiger partial charge in [0.15, 0.2) is 0 Å². The molecule has 2 unspecified atom stereocenters. The van der Waals surface area contributed by atoms with Crippen LogP contribution in [-0.4, -0.2) is 41.1 Å². The van der Waals surface area contributed by atoms with Gasteiger partial charge in [0.1, 0.15) is 0 Å². The molecule has 108 valence electrons. The second kappa shape index (κ2) is 5.80. The minimum Gasteiger partial charge on any atom is -0.481 e. The van der Waals surface area contributed by atoms with Crippen molar-refractivity contribution in [2.45, 2.75) is 45.6 Å². The highest BCUT2D eigenvalue weighted by atomic mass is 16.4. The lowest BCUT2D eigenvalue weighted by atomic mass is 9.87. The number of hydrogen-bond donors (Lipinski definition) is 2. The Hall–Kier alpha value is -1.26. The Balaban J connectivity index is 1.71. The van der Waals surface area contributed by atoms with Gasteiger partial charge in [-0.1, -0.05) is 26.7 Å². The summed E-state index contributed by atoms with van der Waals surface area (Å²) in [5, 5.41) is 12.0. The third-order valence-electron chi connectivity index (χ3n) is 4.43. The first-order valence-electron chi connectivity index (χ1n) is 7.29. The smallest absolute Gasteiger partial charge is 0.317 e. The van der Waals surface area contributed by atoms with E-state index >= 15 is 0 Å². The third kappa shape index (κ3) is 3.61. The van der Waals surface area contributed by atoms with Crippen molar-refractivity contribution < 1.29 is 14.7 Å². The molecule has 1 aliphatic carbocycles. The largest absolute Gasteiger partial charge is 0.481 e. The SMILES string of the molecule is CCC(CC1CC1)NC(=O)N1CC(C(C)C(=O)O)C1. The number of carboxylic acids is 1. The van der Waals surface area contributed by atoms with Crippen LogP contribution in [0.1, 0.15) is 39.5 Å². The molecule has 1 heterocycles. The number of carbonyl (C=O) groups excluding carboxylic acids is 1. The summed E-state index contributed by atoms with van der Waals surface area (Å²) in [5.41, 5.74) is 0. The second-order valence-corrected chi connectivity index (χ2v) is 6.03. The molecule has 2 rings (SSSR count). The van der Waals surface area contributed by atoms with E-state index in [0.717, 1.165) is 18.8 Å². The summed E-state index contributed by atoms with van der Waals surface area (Å²) in [6.07, 6.45) is 4.65. The highest BCUT2D eigenvalue weighted by Crippen LogP contribution is 2.34. The molecule has 1 aliphatic heterocycles. The van der Waals surface area contributed by atoms with Gasteiger partial charge in [0, 0.05) is 25.0 Å². The molecule has 2 fully saturated rings. The molecule has 0 bridgehead atoms. The van der Waals surface area contributed by atoms with Crippen LogP contribution in [0.25, 0.3) is 0 Å². The normalized spacial score (nSPS) is 22.5. The Kier molecular flexibility index (Phi) is 4.32. The summed E-state index contributed by atoms with van der Waals surface area (Å²) in [7, 11) is 0. The molecular formula is C14H24N2O3. The van der Waals surface area contributed by atoms with Crippen LogP contribution in [0.2, 0.25) is 0 Å². The minimum atomic E-state index is -0.773. The van der Waals surface area contributed by atoms with E-state index in [9.17, 15) is 9.59 Å². The number of carboxylic acid groups (broad SMARTS) is 1. The van der Waals surface area contributed by atoms with Crippen LogP contribution in [-0.2, 0) is 4.79 Å². The fourth-order valence-electron chi connectivity index (χ4n) is 2.55. The number of rotatable bonds is 6. The summed E-state index contributed by atoms with van der Waals surface area (Å²) in [4.78, 5) is 24.6. The van der Waals surface area contributed by atoms with Crippen molar-refractivity contribution in [1.29, 1.82) is 0 Å². The Morgan fingerprint density at radius 1 is 1.37 bits per heavy atom. The highest BCUT2D eigenvalue weighted by molar-refractivity contribution is 5.76. The van der Waals surface area contributed by atoms with Crippen molar-refractivity contribution in [1.82, 2.24) is 10.2 Å². The highest BCUT2D eigenvalue weighted by Gasteiger charge is 2.37. The van der Waals surface area contributed by atoms with Gasteiger partial charge in [0.05, 0.1) is 5.92 Å². The van der Waals surface area contributed by atoms with Crippen LogP contribution in [0.15, 0.2) is 0 Å². The zero-order chi connectivity index (χ0) is 14.0. The quantitative estimate of drug-likeness (QED) is 0.773. The molecule has 19 heavy (non-hydrogen) atoms. The first-order valence-corrected chi connectivity index (χ1v) is 7.29. The molecule has 0 aromatic heterocycles. The Labute approximate surface area is 114 Å². The molecule has 2 atom stereocenters. The number of nitrogens with one attached hydrogen (secondary N) is 1. The van der Waals surface area contributed by atoms with Crippen LogP contribution in [0.5, 0.6) is 0 Å². The predicted octanol–water partition coefficient (Wildman–Crippen LogP) is 1.93. The standard InChI is InChI=1S/C14H24N2O3/c1-3-12(6-10-4-5-10)15-14(19)16-7-11(8-16)9(2)13(17)18/h9-12H,3-8H2,1-2H3,(H,15,19)(H,17,18). The van der Waals surface area contributed by atoms with Gasteiger partial charge in [-0.25, -0.2) is 4.79 Å². The lowest BCUT2D eigenvalue weighted by Crippen LogP contribution is -2.57. The van der Waals surface area contributed by atoms with Crippen molar-refractivity contribution in [3.8, 4) is 0 Å². The Morgan fingerprint density at radius 2 is 2.00 bits per heavy atom. The number of aliphatic carboxylic acids is 1. The molecule has 0 aromatic rings. The van der Waals surface area contributed by atoms with Crippen molar-refractivity contribution in [2.75, 3.05) is 13.1 Å². The van der Waals surface area contributed by atoms with Gasteiger partial charge in [-0.15, -0.1) is 0 Å². The molecular weight excluding hydrogens is 244 g/mol. The molecule has 2 amide bonds. The summed E-state index contributed by atoms with van der Waals surface area (Å²) < 4.78 is 0. The van der Waals surface area contributed by atoms with E-state index in [4.69, 9.17) is 5.11 Å². The molecule has 0 radical (unpaired) electrons. The number of nitrogens with zero attached hydrogens (tertiary/aromatic N) is 1. The molecule has 2 N–H and O–H groups in total. The van der Waals surface area contributed by atoms with E-state index in [-0.39, 0.29) is 23.9 Å². The fraction of sp³-hybridized carbons (Fsp3) is 0.857. The topological polar surface area (TPSA) is 69.6 Å². The van der Waals surface area contributed by atoms with Gasteiger partial charge in [-0.05, 0) is 18.8 Å². The Morgan fingerprint density at radius 3 is 2.47 bits per heavy atom. The lowest BCUT2D eigenvalue weighted by molar-refractivity contribution is -0.144. The second-order valence-electron chi connectivity index (χ2n) is 6.03. The maximum Gasteiger partial charge on any atom is 0.317 e. The van der Waals surface area contributed by atoms with Crippen molar-refractivity contribution in [2.24, 2.45) is 17.8 Å². The van der Waals surface area contributed by atoms with Gasteiger partial charge in [-0.3, -0.25) is 4.79 Å². The number of urea groups is 1. The van der Waals surface area contributed by atoms with E-state index in [1.165, 1.54) is 12.8 Å². The van der Waals surface area contributed by atoms with Gasteiger partial charge < -0.3 is 15.3 Å². The third-order valence-corrected chi connectivity index (χ3v) is 4.43. The van der Waals surface area contributed by atoms with Crippen LogP contribution in [0.3, 0.4) is 0 Å². The summed E-state index contributed by atoms with van der Waals surface area (Å²) in [5.74, 6) is -0.226. The minimum absolute atomic E-state index is 0.0265. The van der Waals surface area contributed by atoms with Gasteiger partial charge >= 0.3 is 12.0 Å². The number of likely N-dealkylation sites (tertiary alicyclic amines) is 1. The number of carbonyl (C=O) groups is 2. The maximum atomic E-state index is 12.0. The van der Waals surface area contributed by atoms with Crippen LogP contribution in [0.4, 0.5) is 4.79 Å². The van der Waals surface area contributed by atoms with E-state index in [2.05, 4.69) is 12.2 Å². The lowest BCUT2D eigenvalue weighted by Gasteiger charge is -2.41. The monoisotopic (exact) mass is 268 g/mol. The molecule has 1 saturated carbocycles. The first-order chi connectivity index (χ1) is 9.01. The molecule has 0 aromatic carbocycles. The van der Waals surface area contributed by atoms with E-state index in [1.54, 1.807) is 11.8 Å². The Bertz CT molecular complexity index is 349. The van der Waals surface area contributed by atoms with Crippen LogP contribution < -0.4 is 5.32 Å². The molecule has 2 aliphatic rings. The number of hydrogen-bond acceptors (Lipinski definition) is 2. The average molecular weight is 268 g/mol. The number of amides is 2. The summed E-state index contributed by atoms with van der Waals surface area (Å²) in [6, 6.07) is 0.247. The average Bonchev–Trinajstić information content (AvgIpc) is 3.09. The zero-order valence-corrected chi connectivity index (χ0v) is 11.8.